The molecule has 0 fully saturated rings. The number of ether oxygens (including phenoxy) is 2. The van der Waals surface area contributed by atoms with E-state index in [1.165, 1.54) is 0 Å². The highest BCUT2D eigenvalue weighted by molar-refractivity contribution is 14.1. The van der Waals surface area contributed by atoms with Crippen LogP contribution in [-0.2, 0) is 6.61 Å². The Balaban J connectivity index is 1.97. The number of rotatable bonds is 4. The first-order chi connectivity index (χ1) is 10.7. The van der Waals surface area contributed by atoms with Crippen LogP contribution in [0.5, 0.6) is 11.5 Å². The number of methoxy groups -OCH3 is 1. The van der Waals surface area contributed by atoms with Crippen molar-refractivity contribution in [3.05, 3.63) is 57.0 Å². The average molecular weight is 427 g/mol. The monoisotopic (exact) mass is 426 g/mol. The van der Waals surface area contributed by atoms with Gasteiger partial charge in [-0.1, -0.05) is 41.9 Å². The molecule has 0 saturated carbocycles. The SMILES string of the molecule is COc1cc2c(Cl)nc(I)nc2cc1OCc1ccccc1. The second-order valence-corrected chi connectivity index (χ2v) is 5.90. The fourth-order valence-corrected chi connectivity index (χ4v) is 2.96. The van der Waals surface area contributed by atoms with Crippen LogP contribution in [0.1, 0.15) is 5.56 Å². The van der Waals surface area contributed by atoms with Crippen molar-refractivity contribution in [2.75, 3.05) is 7.11 Å². The van der Waals surface area contributed by atoms with Crippen LogP contribution in [0.15, 0.2) is 42.5 Å². The third-order valence-electron chi connectivity index (χ3n) is 3.14. The van der Waals surface area contributed by atoms with E-state index in [1.54, 1.807) is 13.2 Å². The summed E-state index contributed by atoms with van der Waals surface area (Å²) in [5.74, 6) is 1.24. The zero-order valence-electron chi connectivity index (χ0n) is 11.7. The molecule has 6 heteroatoms. The summed E-state index contributed by atoms with van der Waals surface area (Å²) in [5, 5.41) is 1.15. The van der Waals surface area contributed by atoms with Crippen molar-refractivity contribution < 1.29 is 9.47 Å². The van der Waals surface area contributed by atoms with Crippen LogP contribution in [0.25, 0.3) is 10.9 Å². The molecule has 2 aromatic carbocycles. The normalized spacial score (nSPS) is 10.7. The second kappa shape index (κ2) is 6.66. The molecule has 112 valence electrons. The van der Waals surface area contributed by atoms with Gasteiger partial charge < -0.3 is 9.47 Å². The maximum Gasteiger partial charge on any atom is 0.192 e. The van der Waals surface area contributed by atoms with Gasteiger partial charge in [0.25, 0.3) is 0 Å². The number of halogens is 2. The molecule has 0 radical (unpaired) electrons. The maximum absolute atomic E-state index is 6.16. The minimum atomic E-state index is 0.405. The largest absolute Gasteiger partial charge is 0.493 e. The lowest BCUT2D eigenvalue weighted by atomic mass is 10.2. The molecule has 0 aliphatic carbocycles. The maximum atomic E-state index is 6.16. The zero-order chi connectivity index (χ0) is 15.5. The molecule has 0 amide bonds. The van der Waals surface area contributed by atoms with E-state index in [0.29, 0.717) is 27.1 Å². The lowest BCUT2D eigenvalue weighted by Gasteiger charge is -2.12. The van der Waals surface area contributed by atoms with Gasteiger partial charge in [0.1, 0.15) is 11.8 Å². The van der Waals surface area contributed by atoms with Crippen molar-refractivity contribution in [3.8, 4) is 11.5 Å². The van der Waals surface area contributed by atoms with Crippen LogP contribution < -0.4 is 9.47 Å². The van der Waals surface area contributed by atoms with Gasteiger partial charge in [0, 0.05) is 34.0 Å². The van der Waals surface area contributed by atoms with Gasteiger partial charge in [0.15, 0.2) is 15.3 Å². The first-order valence-corrected chi connectivity index (χ1v) is 8.00. The van der Waals surface area contributed by atoms with Gasteiger partial charge in [-0.05, 0) is 11.6 Å². The van der Waals surface area contributed by atoms with E-state index in [4.69, 9.17) is 21.1 Å². The van der Waals surface area contributed by atoms with Crippen LogP contribution in [0, 0.1) is 3.83 Å². The van der Waals surface area contributed by atoms with Gasteiger partial charge in [-0.2, -0.15) is 0 Å². The first-order valence-electron chi connectivity index (χ1n) is 6.55. The number of fused-ring (bicyclic) bond motifs is 1. The molecule has 0 unspecified atom stereocenters. The predicted molar refractivity (Wildman–Crippen MR) is 94.6 cm³/mol. The molecule has 1 heterocycles. The third-order valence-corrected chi connectivity index (χ3v) is 3.92. The van der Waals surface area contributed by atoms with Gasteiger partial charge in [0.05, 0.1) is 12.6 Å². The highest BCUT2D eigenvalue weighted by Crippen LogP contribution is 2.34. The van der Waals surface area contributed by atoms with E-state index in [9.17, 15) is 0 Å². The van der Waals surface area contributed by atoms with E-state index in [1.807, 2.05) is 59.0 Å². The van der Waals surface area contributed by atoms with Crippen molar-refractivity contribution >= 4 is 45.1 Å². The lowest BCUT2D eigenvalue weighted by Crippen LogP contribution is -1.99. The third kappa shape index (κ3) is 3.25. The molecule has 0 spiro atoms. The molecule has 3 rings (SSSR count). The summed E-state index contributed by atoms with van der Waals surface area (Å²) in [4.78, 5) is 8.53. The van der Waals surface area contributed by atoms with Crippen LogP contribution in [0.2, 0.25) is 5.15 Å². The lowest BCUT2D eigenvalue weighted by molar-refractivity contribution is 0.285. The Bertz CT molecular complexity index is 812. The molecule has 0 atom stereocenters. The Morgan fingerprint density at radius 1 is 1.09 bits per heavy atom. The highest BCUT2D eigenvalue weighted by atomic mass is 127. The quantitative estimate of drug-likeness (QED) is 0.351. The van der Waals surface area contributed by atoms with Gasteiger partial charge in [-0.15, -0.1) is 0 Å². The molecule has 0 aliphatic heterocycles. The molecular formula is C16H12ClIN2O2. The van der Waals surface area contributed by atoms with E-state index >= 15 is 0 Å². The molecule has 22 heavy (non-hydrogen) atoms. The Kier molecular flexibility index (Phi) is 4.63. The van der Waals surface area contributed by atoms with E-state index < -0.39 is 0 Å². The molecule has 0 bridgehead atoms. The first kappa shape index (κ1) is 15.3. The summed E-state index contributed by atoms with van der Waals surface area (Å²) in [6.07, 6.45) is 0. The molecular weight excluding hydrogens is 415 g/mol. The summed E-state index contributed by atoms with van der Waals surface area (Å²) in [6.45, 7) is 0.457. The number of hydrogen-bond donors (Lipinski definition) is 0. The van der Waals surface area contributed by atoms with Gasteiger partial charge >= 0.3 is 0 Å². The smallest absolute Gasteiger partial charge is 0.192 e. The molecule has 0 aliphatic rings. The van der Waals surface area contributed by atoms with Crippen molar-refractivity contribution in [1.29, 1.82) is 0 Å². The summed E-state index contributed by atoms with van der Waals surface area (Å²) < 4.78 is 11.8. The van der Waals surface area contributed by atoms with Crippen molar-refractivity contribution in [3.63, 3.8) is 0 Å². The fraction of sp³-hybridized carbons (Fsp3) is 0.125. The van der Waals surface area contributed by atoms with Gasteiger partial charge in [-0.25, -0.2) is 9.97 Å². The van der Waals surface area contributed by atoms with Crippen LogP contribution >= 0.6 is 34.2 Å². The topological polar surface area (TPSA) is 44.2 Å². The van der Waals surface area contributed by atoms with E-state index in [-0.39, 0.29) is 0 Å². The summed E-state index contributed by atoms with van der Waals surface area (Å²) in [6, 6.07) is 13.6. The van der Waals surface area contributed by atoms with Crippen LogP contribution in [0.3, 0.4) is 0 Å². The van der Waals surface area contributed by atoms with Crippen LogP contribution in [0.4, 0.5) is 0 Å². The minimum absolute atomic E-state index is 0.405. The second-order valence-electron chi connectivity index (χ2n) is 4.58. The molecule has 0 N–H and O–H groups in total. The highest BCUT2D eigenvalue weighted by Gasteiger charge is 2.12. The van der Waals surface area contributed by atoms with Crippen molar-refractivity contribution in [2.45, 2.75) is 6.61 Å². The van der Waals surface area contributed by atoms with Crippen molar-refractivity contribution in [1.82, 2.24) is 9.97 Å². The fourth-order valence-electron chi connectivity index (χ4n) is 2.08. The summed E-state index contributed by atoms with van der Waals surface area (Å²) in [5.41, 5.74) is 1.81. The Morgan fingerprint density at radius 3 is 2.59 bits per heavy atom. The van der Waals surface area contributed by atoms with E-state index in [0.717, 1.165) is 16.5 Å². The molecule has 3 aromatic rings. The Hall–Kier alpha value is -1.60. The minimum Gasteiger partial charge on any atom is -0.493 e. The predicted octanol–water partition coefficient (Wildman–Crippen LogP) is 4.48. The molecule has 4 nitrogen and oxygen atoms in total. The number of nitrogens with zero attached hydrogens (tertiary/aromatic N) is 2. The summed E-state index contributed by atoms with van der Waals surface area (Å²) in [7, 11) is 1.60. The van der Waals surface area contributed by atoms with Gasteiger partial charge in [-0.3, -0.25) is 0 Å². The number of hydrogen-bond acceptors (Lipinski definition) is 4. The summed E-state index contributed by atoms with van der Waals surface area (Å²) >= 11 is 8.20. The Morgan fingerprint density at radius 2 is 1.86 bits per heavy atom. The number of benzene rings is 2. The van der Waals surface area contributed by atoms with Crippen molar-refractivity contribution in [2.24, 2.45) is 0 Å². The standard InChI is InChI=1S/C16H12ClIN2O2/c1-21-13-7-11-12(19-16(18)20-15(11)17)8-14(13)22-9-10-5-3-2-4-6-10/h2-8H,9H2,1H3. The molecule has 1 aromatic heterocycles. The average Bonchev–Trinajstić information content (AvgIpc) is 2.53. The Labute approximate surface area is 146 Å². The van der Waals surface area contributed by atoms with Crippen LogP contribution in [-0.4, -0.2) is 17.1 Å². The molecule has 0 saturated heterocycles. The number of aromatic nitrogens is 2. The van der Waals surface area contributed by atoms with Gasteiger partial charge in [0.2, 0.25) is 0 Å². The van der Waals surface area contributed by atoms with E-state index in [2.05, 4.69) is 9.97 Å². The zero-order valence-corrected chi connectivity index (χ0v) is 14.6.